The summed E-state index contributed by atoms with van der Waals surface area (Å²) < 4.78 is 4.95. The van der Waals surface area contributed by atoms with E-state index in [1.165, 1.54) is 12.1 Å². The first-order valence-electron chi connectivity index (χ1n) is 7.24. The highest BCUT2D eigenvalue weighted by Gasteiger charge is 2.15. The van der Waals surface area contributed by atoms with Gasteiger partial charge in [0.2, 0.25) is 0 Å². The van der Waals surface area contributed by atoms with E-state index in [4.69, 9.17) is 4.74 Å². The number of nitro groups is 1. The molecule has 0 radical (unpaired) electrons. The van der Waals surface area contributed by atoms with Crippen molar-refractivity contribution in [3.8, 4) is 22.4 Å². The van der Waals surface area contributed by atoms with Crippen LogP contribution in [0.25, 0.3) is 22.4 Å². The molecule has 1 aromatic carbocycles. The lowest BCUT2D eigenvalue weighted by atomic mass is 10.0. The van der Waals surface area contributed by atoms with Crippen LogP contribution in [0.5, 0.6) is 0 Å². The van der Waals surface area contributed by atoms with E-state index in [2.05, 4.69) is 15.2 Å². The molecule has 0 amide bonds. The summed E-state index contributed by atoms with van der Waals surface area (Å²) in [4.78, 5) is 24.9. The van der Waals surface area contributed by atoms with Crippen molar-refractivity contribution in [2.45, 2.75) is 6.92 Å². The van der Waals surface area contributed by atoms with Gasteiger partial charge in [0.15, 0.2) is 0 Å². The molecule has 8 heteroatoms. The first kappa shape index (κ1) is 15.5. The van der Waals surface area contributed by atoms with Crippen LogP contribution in [0.2, 0.25) is 0 Å². The van der Waals surface area contributed by atoms with Gasteiger partial charge in [0.25, 0.3) is 5.69 Å². The molecule has 2 N–H and O–H groups in total. The number of hydrogen-bond donors (Lipinski definition) is 2. The molecule has 0 fully saturated rings. The minimum absolute atomic E-state index is 0.0232. The maximum atomic E-state index is 11.7. The Hall–Kier alpha value is -3.42. The van der Waals surface area contributed by atoms with Crippen molar-refractivity contribution in [3.05, 3.63) is 58.5 Å². The van der Waals surface area contributed by atoms with Gasteiger partial charge in [-0.2, -0.15) is 5.10 Å². The molecule has 0 aliphatic rings. The Morgan fingerprint density at radius 2 is 2.04 bits per heavy atom. The fourth-order valence-electron chi connectivity index (χ4n) is 2.35. The molecule has 8 nitrogen and oxygen atoms in total. The average molecular weight is 326 g/mol. The Balaban J connectivity index is 1.93. The molecule has 0 aliphatic heterocycles. The number of aromatic amines is 2. The lowest BCUT2D eigenvalue weighted by molar-refractivity contribution is -0.384. The molecular formula is C16H14N4O4. The predicted molar refractivity (Wildman–Crippen MR) is 86.4 cm³/mol. The number of nitrogens with one attached hydrogen (secondary N) is 2. The summed E-state index contributed by atoms with van der Waals surface area (Å²) in [6.45, 7) is 2.04. The van der Waals surface area contributed by atoms with E-state index in [-0.39, 0.29) is 5.69 Å². The van der Waals surface area contributed by atoms with Crippen molar-refractivity contribution in [1.82, 2.24) is 15.2 Å². The Kier molecular flexibility index (Phi) is 4.11. The van der Waals surface area contributed by atoms with Crippen molar-refractivity contribution < 1.29 is 14.5 Å². The van der Waals surface area contributed by atoms with Gasteiger partial charge < -0.3 is 9.72 Å². The van der Waals surface area contributed by atoms with E-state index >= 15 is 0 Å². The summed E-state index contributed by atoms with van der Waals surface area (Å²) >= 11 is 0. The first-order chi connectivity index (χ1) is 11.6. The number of ether oxygens (including phenoxy) is 1. The number of nitrogens with zero attached hydrogens (tertiary/aromatic N) is 2. The molecular weight excluding hydrogens is 312 g/mol. The molecule has 2 heterocycles. The van der Waals surface area contributed by atoms with Gasteiger partial charge in [-0.15, -0.1) is 0 Å². The van der Waals surface area contributed by atoms with Crippen LogP contribution in [0.4, 0.5) is 5.69 Å². The number of non-ortho nitro benzene ring substituents is 1. The number of aromatic nitrogens is 3. The number of benzene rings is 1. The minimum Gasteiger partial charge on any atom is -0.461 e. The number of carbonyl (C=O) groups excluding carboxylic acids is 1. The molecule has 3 rings (SSSR count). The molecule has 0 bridgehead atoms. The number of carbonyl (C=O) groups is 1. The molecule has 0 atom stereocenters. The molecule has 0 unspecified atom stereocenters. The third-order valence-electron chi connectivity index (χ3n) is 3.50. The quantitative estimate of drug-likeness (QED) is 0.424. The lowest BCUT2D eigenvalue weighted by Crippen LogP contribution is -2.04. The molecule has 0 aliphatic carbocycles. The molecule has 0 saturated carbocycles. The zero-order valence-corrected chi connectivity index (χ0v) is 12.8. The normalized spacial score (nSPS) is 10.5. The maximum absolute atomic E-state index is 11.7. The Bertz CT molecular complexity index is 880. The monoisotopic (exact) mass is 326 g/mol. The third-order valence-corrected chi connectivity index (χ3v) is 3.50. The smallest absolute Gasteiger partial charge is 0.354 e. The summed E-state index contributed by atoms with van der Waals surface area (Å²) in [7, 11) is 0. The molecule has 3 aromatic rings. The van der Waals surface area contributed by atoms with Gasteiger partial charge in [-0.1, -0.05) is 0 Å². The third kappa shape index (κ3) is 2.89. The number of rotatable bonds is 5. The van der Waals surface area contributed by atoms with Crippen molar-refractivity contribution in [1.29, 1.82) is 0 Å². The zero-order chi connectivity index (χ0) is 17.1. The predicted octanol–water partition coefficient (Wildman–Crippen LogP) is 3.16. The highest BCUT2D eigenvalue weighted by atomic mass is 16.6. The zero-order valence-electron chi connectivity index (χ0n) is 12.8. The Morgan fingerprint density at radius 3 is 2.71 bits per heavy atom. The molecule has 0 saturated heterocycles. The van der Waals surface area contributed by atoms with Crippen LogP contribution in [0.3, 0.4) is 0 Å². The summed E-state index contributed by atoms with van der Waals surface area (Å²) in [6.07, 6.45) is 3.31. The van der Waals surface area contributed by atoms with Gasteiger partial charge in [0, 0.05) is 29.5 Å². The lowest BCUT2D eigenvalue weighted by Gasteiger charge is -2.01. The highest BCUT2D eigenvalue weighted by molar-refractivity contribution is 5.90. The van der Waals surface area contributed by atoms with Gasteiger partial charge in [0.1, 0.15) is 5.69 Å². The van der Waals surface area contributed by atoms with Crippen LogP contribution in [0.1, 0.15) is 17.4 Å². The summed E-state index contributed by atoms with van der Waals surface area (Å²) in [5.41, 5.74) is 3.37. The largest absolute Gasteiger partial charge is 0.461 e. The van der Waals surface area contributed by atoms with E-state index in [9.17, 15) is 14.9 Å². The molecule has 24 heavy (non-hydrogen) atoms. The van der Waals surface area contributed by atoms with Gasteiger partial charge in [0.05, 0.1) is 23.4 Å². The van der Waals surface area contributed by atoms with E-state index in [0.717, 1.165) is 16.7 Å². The number of hydrogen-bond acceptors (Lipinski definition) is 5. The van der Waals surface area contributed by atoms with E-state index < -0.39 is 10.9 Å². The van der Waals surface area contributed by atoms with Crippen LogP contribution in [-0.2, 0) is 4.74 Å². The topological polar surface area (TPSA) is 114 Å². The standard InChI is InChI=1S/C16H14N4O4/c1-2-24-16(21)14-7-11(8-17-14)15-13(9-18-19-15)10-3-5-12(6-4-10)20(22)23/h3-9,17H,2H2,1H3,(H,18,19). The second kappa shape index (κ2) is 6.37. The maximum Gasteiger partial charge on any atom is 0.354 e. The van der Waals surface area contributed by atoms with Crippen molar-refractivity contribution in [2.75, 3.05) is 6.61 Å². The van der Waals surface area contributed by atoms with Crippen LogP contribution < -0.4 is 0 Å². The number of nitro benzene ring substituents is 1. The van der Waals surface area contributed by atoms with Crippen molar-refractivity contribution in [3.63, 3.8) is 0 Å². The van der Waals surface area contributed by atoms with Crippen molar-refractivity contribution in [2.24, 2.45) is 0 Å². The van der Waals surface area contributed by atoms with E-state index in [0.29, 0.717) is 18.0 Å². The summed E-state index contributed by atoms with van der Waals surface area (Å²) in [5, 5.41) is 17.7. The highest BCUT2D eigenvalue weighted by Crippen LogP contribution is 2.31. The van der Waals surface area contributed by atoms with Crippen LogP contribution in [0.15, 0.2) is 42.7 Å². The summed E-state index contributed by atoms with van der Waals surface area (Å²) in [5.74, 6) is -0.430. The fourth-order valence-corrected chi connectivity index (χ4v) is 2.35. The van der Waals surface area contributed by atoms with Gasteiger partial charge >= 0.3 is 5.97 Å². The van der Waals surface area contributed by atoms with Crippen LogP contribution in [0, 0.1) is 10.1 Å². The van der Waals surface area contributed by atoms with Gasteiger partial charge in [-0.3, -0.25) is 15.2 Å². The molecule has 0 spiro atoms. The second-order valence-corrected chi connectivity index (χ2v) is 4.99. The molecule has 122 valence electrons. The Labute approximate surface area is 136 Å². The fraction of sp³-hybridized carbons (Fsp3) is 0.125. The molecule has 2 aromatic heterocycles. The van der Waals surface area contributed by atoms with Crippen LogP contribution in [-0.4, -0.2) is 32.7 Å². The van der Waals surface area contributed by atoms with Crippen LogP contribution >= 0.6 is 0 Å². The Morgan fingerprint density at radius 1 is 1.29 bits per heavy atom. The second-order valence-electron chi connectivity index (χ2n) is 4.99. The summed E-state index contributed by atoms with van der Waals surface area (Å²) in [6, 6.07) is 7.86. The SMILES string of the molecule is CCOC(=O)c1cc(-c2[nH]ncc2-c2ccc([N+](=O)[O-])cc2)c[nH]1. The average Bonchev–Trinajstić information content (AvgIpc) is 3.24. The van der Waals surface area contributed by atoms with Gasteiger partial charge in [-0.25, -0.2) is 4.79 Å². The first-order valence-corrected chi connectivity index (χ1v) is 7.24. The number of esters is 1. The minimum atomic E-state index is -0.447. The van der Waals surface area contributed by atoms with Crippen molar-refractivity contribution >= 4 is 11.7 Å². The van der Waals surface area contributed by atoms with Gasteiger partial charge in [-0.05, 0) is 30.7 Å². The van der Waals surface area contributed by atoms with E-state index in [1.54, 1.807) is 37.5 Å². The van der Waals surface area contributed by atoms with E-state index in [1.807, 2.05) is 0 Å². The number of H-pyrrole nitrogens is 2.